The lowest BCUT2D eigenvalue weighted by atomic mass is 9.92. The largest absolute Gasteiger partial charge is 0.458 e. The van der Waals surface area contributed by atoms with E-state index in [2.05, 4.69) is 10.4 Å². The van der Waals surface area contributed by atoms with Crippen molar-refractivity contribution in [2.75, 3.05) is 27.7 Å². The fourth-order valence-corrected chi connectivity index (χ4v) is 6.15. The van der Waals surface area contributed by atoms with Crippen molar-refractivity contribution in [1.29, 1.82) is 5.26 Å². The predicted octanol–water partition coefficient (Wildman–Crippen LogP) is 5.90. The van der Waals surface area contributed by atoms with Gasteiger partial charge in [0.1, 0.15) is 17.4 Å². The van der Waals surface area contributed by atoms with E-state index in [0.717, 1.165) is 16.8 Å². The van der Waals surface area contributed by atoms with E-state index in [1.165, 1.54) is 34.7 Å². The van der Waals surface area contributed by atoms with Gasteiger partial charge in [-0.2, -0.15) is 23.5 Å². The topological polar surface area (TPSA) is 124 Å². The molecule has 53 heavy (non-hydrogen) atoms. The van der Waals surface area contributed by atoms with Gasteiger partial charge in [-0.05, 0) is 74.2 Å². The molecule has 2 heterocycles. The maximum atomic E-state index is 14.0. The highest BCUT2D eigenvalue weighted by atomic mass is 19.4. The van der Waals surface area contributed by atoms with Gasteiger partial charge in [-0.15, -0.1) is 0 Å². The van der Waals surface area contributed by atoms with Crippen LogP contribution in [-0.2, 0) is 22.8 Å². The average molecular weight is 729 g/mol. The van der Waals surface area contributed by atoms with Crippen molar-refractivity contribution in [3.8, 4) is 28.8 Å². The van der Waals surface area contributed by atoms with E-state index in [9.17, 15) is 32.8 Å². The van der Waals surface area contributed by atoms with Crippen molar-refractivity contribution < 1.29 is 32.0 Å². The Morgan fingerprint density at radius 1 is 0.925 bits per heavy atom. The molecule has 0 unspecified atom stereocenters. The number of rotatable bonds is 8. The van der Waals surface area contributed by atoms with Crippen molar-refractivity contribution in [3.05, 3.63) is 124 Å². The SMILES string of the molecule is Cn1c(-c2ccnn2-c2ccc(C#N)cc2)c(C(=O)N[C@H]2CC[C@H](OC(=O)C[N+](C)(C)C)CC2)c(=O)n1-c1cccc(C(F)(F)F)c1.c1ccccc1. The first kappa shape index (κ1) is 38.3. The Bertz CT molecular complexity index is 2110. The summed E-state index contributed by atoms with van der Waals surface area (Å²) in [6, 6.07) is 26.1. The van der Waals surface area contributed by atoms with Gasteiger partial charge in [-0.3, -0.25) is 14.3 Å². The Morgan fingerprint density at radius 3 is 2.11 bits per heavy atom. The lowest BCUT2D eigenvalue weighted by Crippen LogP contribution is -2.43. The molecule has 1 N–H and O–H groups in total. The second-order valence-corrected chi connectivity index (χ2v) is 13.7. The Morgan fingerprint density at radius 2 is 1.55 bits per heavy atom. The van der Waals surface area contributed by atoms with E-state index < -0.39 is 23.2 Å². The van der Waals surface area contributed by atoms with E-state index in [0.29, 0.717) is 47.1 Å². The molecule has 14 heteroatoms. The highest BCUT2D eigenvalue weighted by Gasteiger charge is 2.34. The maximum Gasteiger partial charge on any atom is 0.416 e. The fourth-order valence-electron chi connectivity index (χ4n) is 6.15. The van der Waals surface area contributed by atoms with E-state index in [1.807, 2.05) is 63.6 Å². The number of nitrogens with one attached hydrogen (secondary N) is 1. The second-order valence-electron chi connectivity index (χ2n) is 13.7. The van der Waals surface area contributed by atoms with Crippen LogP contribution in [0, 0.1) is 11.3 Å². The number of hydrogen-bond donors (Lipinski definition) is 1. The molecule has 0 bridgehead atoms. The zero-order valence-electron chi connectivity index (χ0n) is 29.9. The molecule has 0 spiro atoms. The highest BCUT2D eigenvalue weighted by Crippen LogP contribution is 2.32. The summed E-state index contributed by atoms with van der Waals surface area (Å²) >= 11 is 0. The summed E-state index contributed by atoms with van der Waals surface area (Å²) in [5.74, 6) is -0.989. The molecule has 0 atom stereocenters. The molecule has 0 saturated heterocycles. The van der Waals surface area contributed by atoms with E-state index in [1.54, 1.807) is 30.3 Å². The molecule has 11 nitrogen and oxygen atoms in total. The van der Waals surface area contributed by atoms with Gasteiger partial charge in [-0.1, -0.05) is 42.5 Å². The third kappa shape index (κ3) is 9.49. The number of aromatic nitrogens is 4. The van der Waals surface area contributed by atoms with Crippen LogP contribution in [0.3, 0.4) is 0 Å². The summed E-state index contributed by atoms with van der Waals surface area (Å²) in [6.07, 6.45) is -1.41. The van der Waals surface area contributed by atoms with E-state index in [-0.39, 0.29) is 41.6 Å². The molecule has 1 amide bonds. The van der Waals surface area contributed by atoms with Crippen LogP contribution >= 0.6 is 0 Å². The third-order valence-corrected chi connectivity index (χ3v) is 8.62. The normalized spacial score (nSPS) is 15.8. The summed E-state index contributed by atoms with van der Waals surface area (Å²) in [4.78, 5) is 40.3. The third-order valence-electron chi connectivity index (χ3n) is 8.62. The first-order chi connectivity index (χ1) is 25.2. The summed E-state index contributed by atoms with van der Waals surface area (Å²) in [5.41, 5.74) is -0.680. The Kier molecular flexibility index (Phi) is 11.7. The lowest BCUT2D eigenvalue weighted by Gasteiger charge is -2.30. The van der Waals surface area contributed by atoms with Crippen molar-refractivity contribution >= 4 is 11.9 Å². The number of nitrogens with zero attached hydrogens (tertiary/aromatic N) is 6. The molecule has 1 saturated carbocycles. The number of likely N-dealkylation sites (N-methyl/N-ethyl adjacent to an activating group) is 1. The first-order valence-electron chi connectivity index (χ1n) is 17.0. The molecule has 1 aliphatic carbocycles. The summed E-state index contributed by atoms with van der Waals surface area (Å²) in [7, 11) is 7.16. The van der Waals surface area contributed by atoms with Gasteiger partial charge in [0.05, 0.1) is 61.6 Å². The average Bonchev–Trinajstić information content (AvgIpc) is 3.70. The maximum absolute atomic E-state index is 14.0. The molecule has 1 aliphatic rings. The number of benzene rings is 3. The number of ether oxygens (including phenoxy) is 1. The number of hydrogen-bond acceptors (Lipinski definition) is 6. The Labute approximate surface area is 305 Å². The number of carbonyl (C=O) groups is 2. The highest BCUT2D eigenvalue weighted by molar-refractivity contribution is 6.00. The Hall–Kier alpha value is -5.94. The molecular formula is C39H41F3N7O4+. The number of amides is 1. The molecule has 0 radical (unpaired) electrons. The van der Waals surface area contributed by atoms with Crippen LogP contribution < -0.4 is 10.9 Å². The van der Waals surface area contributed by atoms with Crippen molar-refractivity contribution in [3.63, 3.8) is 0 Å². The monoisotopic (exact) mass is 728 g/mol. The van der Waals surface area contributed by atoms with Crippen molar-refractivity contribution in [2.24, 2.45) is 7.05 Å². The molecular weight excluding hydrogens is 687 g/mol. The minimum Gasteiger partial charge on any atom is -0.458 e. The predicted molar refractivity (Wildman–Crippen MR) is 192 cm³/mol. The molecule has 5 aromatic rings. The standard InChI is InChI=1S/C33H34F3N7O4.C6H6/c1-40-30(27-16-17-38-41(27)24-12-8-21(19-37)9-13-24)29(32(46)42(40)25-7-5-6-22(18-25)33(34,35)36)31(45)39-23-10-14-26(15-11-23)47-28(44)20-43(2,3)4;1-2-4-6-5-3-1/h5-9,12-13,16-18,23,26H,10-11,14-15,20H2,1-4H3;1-6H/p+1/t23-,26-;. The number of quaternary nitrogens is 1. The van der Waals surface area contributed by atoms with Crippen molar-refractivity contribution in [1.82, 2.24) is 24.5 Å². The Balaban J connectivity index is 0.000000820. The smallest absolute Gasteiger partial charge is 0.416 e. The molecule has 6 rings (SSSR count). The summed E-state index contributed by atoms with van der Waals surface area (Å²) in [6.45, 7) is 0.227. The number of carbonyl (C=O) groups excluding carboxylic acids is 2. The molecule has 2 aromatic heterocycles. The zero-order chi connectivity index (χ0) is 38.3. The van der Waals surface area contributed by atoms with Gasteiger partial charge in [0.25, 0.3) is 11.5 Å². The second kappa shape index (κ2) is 16.2. The van der Waals surface area contributed by atoms with Crippen LogP contribution in [-0.4, -0.2) is 75.3 Å². The summed E-state index contributed by atoms with van der Waals surface area (Å²) in [5, 5.41) is 16.5. The van der Waals surface area contributed by atoms with Gasteiger partial charge in [-0.25, -0.2) is 14.2 Å². The fraction of sp³-hybridized carbons (Fsp3) is 0.308. The van der Waals surface area contributed by atoms with Gasteiger partial charge in [0, 0.05) is 13.1 Å². The van der Waals surface area contributed by atoms with Gasteiger partial charge in [0.2, 0.25) is 0 Å². The van der Waals surface area contributed by atoms with Gasteiger partial charge in [0.15, 0.2) is 6.54 Å². The van der Waals surface area contributed by atoms with Crippen LogP contribution in [0.15, 0.2) is 102 Å². The molecule has 276 valence electrons. The van der Waals surface area contributed by atoms with E-state index in [4.69, 9.17) is 4.74 Å². The number of esters is 1. The van der Waals surface area contributed by atoms with Crippen LogP contribution in [0.2, 0.25) is 0 Å². The van der Waals surface area contributed by atoms with Crippen molar-refractivity contribution in [2.45, 2.75) is 44.0 Å². The summed E-state index contributed by atoms with van der Waals surface area (Å²) < 4.78 is 50.8. The molecule has 0 aliphatic heterocycles. The number of halogens is 3. The minimum atomic E-state index is -4.65. The first-order valence-corrected chi connectivity index (χ1v) is 17.0. The minimum absolute atomic E-state index is 0.0757. The van der Waals surface area contributed by atoms with Crippen LogP contribution in [0.1, 0.15) is 47.2 Å². The van der Waals surface area contributed by atoms with Gasteiger partial charge >= 0.3 is 12.1 Å². The van der Waals surface area contributed by atoms with E-state index >= 15 is 0 Å². The number of alkyl halides is 3. The van der Waals surface area contributed by atoms with Gasteiger partial charge < -0.3 is 14.5 Å². The zero-order valence-corrected chi connectivity index (χ0v) is 29.9. The molecule has 1 fully saturated rings. The number of nitriles is 1. The molecule has 3 aromatic carbocycles. The van der Waals surface area contributed by atoms with Crippen LogP contribution in [0.4, 0.5) is 13.2 Å². The lowest BCUT2D eigenvalue weighted by molar-refractivity contribution is -0.862. The van der Waals surface area contributed by atoms with Crippen LogP contribution in [0.5, 0.6) is 0 Å². The quantitative estimate of drug-likeness (QED) is 0.157. The van der Waals surface area contributed by atoms with Crippen LogP contribution in [0.25, 0.3) is 22.8 Å².